The molecule has 0 bridgehead atoms. The Labute approximate surface area is 118 Å². The van der Waals surface area contributed by atoms with E-state index in [1.807, 2.05) is 28.9 Å². The van der Waals surface area contributed by atoms with Crippen LogP contribution in [0, 0.1) is 0 Å². The van der Waals surface area contributed by atoms with Gasteiger partial charge in [0.2, 0.25) is 0 Å². The van der Waals surface area contributed by atoms with Gasteiger partial charge in [-0.15, -0.1) is 0 Å². The van der Waals surface area contributed by atoms with Crippen molar-refractivity contribution >= 4 is 21.8 Å². The van der Waals surface area contributed by atoms with Crippen LogP contribution in [0.5, 0.6) is 0 Å². The molecule has 0 unspecified atom stereocenters. The van der Waals surface area contributed by atoms with E-state index < -0.39 is 16.1 Å². The molecule has 0 aromatic rings. The van der Waals surface area contributed by atoms with Crippen molar-refractivity contribution in [3.05, 3.63) is 24.3 Å². The smallest absolute Gasteiger partial charge is 0.303 e. The summed E-state index contributed by atoms with van der Waals surface area (Å²) in [6.45, 7) is 1.01. The summed E-state index contributed by atoms with van der Waals surface area (Å²) in [7, 11) is -3.95. The maximum Gasteiger partial charge on any atom is 0.303 e. The van der Waals surface area contributed by atoms with Crippen LogP contribution in [0.3, 0.4) is 0 Å². The van der Waals surface area contributed by atoms with Crippen LogP contribution < -0.4 is 0 Å². The fourth-order valence-electron chi connectivity index (χ4n) is 1.95. The molecule has 112 valence electrons. The predicted molar refractivity (Wildman–Crippen MR) is 75.8 cm³/mol. The molecule has 0 aliphatic heterocycles. The molecule has 0 spiro atoms. The van der Waals surface area contributed by atoms with E-state index in [1.165, 1.54) is 0 Å². The Morgan fingerprint density at radius 1 is 1.20 bits per heavy atom. The van der Waals surface area contributed by atoms with Gasteiger partial charge in [0.15, 0.2) is 5.71 Å². The van der Waals surface area contributed by atoms with E-state index in [-0.39, 0.29) is 12.2 Å². The van der Waals surface area contributed by atoms with Gasteiger partial charge in [-0.2, -0.15) is 8.42 Å². The number of hydrogen-bond donors (Lipinski definition) is 2. The number of nitrogens with zero attached hydrogens (tertiary/aromatic N) is 1. The van der Waals surface area contributed by atoms with E-state index in [0.29, 0.717) is 25.9 Å². The first kappa shape index (κ1) is 16.6. The van der Waals surface area contributed by atoms with Gasteiger partial charge < -0.3 is 5.11 Å². The molecule has 0 radical (unpaired) electrons. The quantitative estimate of drug-likeness (QED) is 0.517. The molecule has 6 nitrogen and oxygen atoms in total. The Morgan fingerprint density at radius 3 is 2.35 bits per heavy atom. The maximum absolute atomic E-state index is 10.7. The first-order valence-corrected chi connectivity index (χ1v) is 8.11. The first-order valence-electron chi connectivity index (χ1n) is 6.50. The molecule has 0 heterocycles. The zero-order valence-corrected chi connectivity index (χ0v) is 12.1. The SMILES string of the molecule is O=C(O)CCC[N+](CCCS(=O)(=O)O)=C1C=CCC=C1. The highest BCUT2D eigenvalue weighted by Crippen LogP contribution is 2.02. The summed E-state index contributed by atoms with van der Waals surface area (Å²) in [5.41, 5.74) is 0.942. The van der Waals surface area contributed by atoms with Gasteiger partial charge in [0.05, 0.1) is 12.2 Å². The van der Waals surface area contributed by atoms with E-state index >= 15 is 0 Å². The molecule has 1 aliphatic rings. The van der Waals surface area contributed by atoms with Crippen LogP contribution in [-0.4, -0.2) is 53.2 Å². The van der Waals surface area contributed by atoms with Crippen molar-refractivity contribution in [2.75, 3.05) is 18.8 Å². The molecule has 20 heavy (non-hydrogen) atoms. The topological polar surface area (TPSA) is 94.7 Å². The zero-order valence-electron chi connectivity index (χ0n) is 11.2. The van der Waals surface area contributed by atoms with Crippen molar-refractivity contribution in [1.82, 2.24) is 0 Å². The molecular weight excluding hydrogens is 282 g/mol. The number of carboxylic acid groups (broad SMARTS) is 1. The van der Waals surface area contributed by atoms with Crippen molar-refractivity contribution in [1.29, 1.82) is 0 Å². The molecule has 0 saturated heterocycles. The van der Waals surface area contributed by atoms with Gasteiger partial charge in [-0.05, 0) is 6.42 Å². The highest BCUT2D eigenvalue weighted by atomic mass is 32.2. The lowest BCUT2D eigenvalue weighted by molar-refractivity contribution is -0.526. The van der Waals surface area contributed by atoms with Crippen LogP contribution in [0.15, 0.2) is 24.3 Å². The normalized spacial score (nSPS) is 14.6. The van der Waals surface area contributed by atoms with Crippen LogP contribution in [0.4, 0.5) is 0 Å². The Balaban J connectivity index is 2.64. The lowest BCUT2D eigenvalue weighted by atomic mass is 10.1. The Morgan fingerprint density at radius 2 is 1.80 bits per heavy atom. The van der Waals surface area contributed by atoms with E-state index in [4.69, 9.17) is 9.66 Å². The minimum Gasteiger partial charge on any atom is -0.481 e. The second kappa shape index (κ2) is 7.96. The Hall–Kier alpha value is -1.47. The van der Waals surface area contributed by atoms with Gasteiger partial charge in [0, 0.05) is 25.0 Å². The standard InChI is InChI=1S/C13H19NO5S/c15-13(16)8-4-9-14(10-5-11-20(17,18)19)12-6-2-1-3-7-12/h2-3,6-7H,1,4-5,8-11H2,(H-,15,16,17,18,19)/p+1. The fraction of sp³-hybridized carbons (Fsp3) is 0.538. The Bertz CT molecular complexity index is 517. The van der Waals surface area contributed by atoms with Crippen LogP contribution in [0.2, 0.25) is 0 Å². The number of carbonyl (C=O) groups is 1. The van der Waals surface area contributed by atoms with E-state index in [1.54, 1.807) is 0 Å². The summed E-state index contributed by atoms with van der Waals surface area (Å²) in [5, 5.41) is 8.65. The molecule has 2 N–H and O–H groups in total. The molecule has 0 aromatic heterocycles. The number of hydrogen-bond acceptors (Lipinski definition) is 3. The van der Waals surface area contributed by atoms with Crippen molar-refractivity contribution in [2.45, 2.75) is 25.7 Å². The van der Waals surface area contributed by atoms with Gasteiger partial charge in [-0.3, -0.25) is 9.35 Å². The number of rotatable bonds is 8. The largest absolute Gasteiger partial charge is 0.481 e. The van der Waals surface area contributed by atoms with Gasteiger partial charge >= 0.3 is 5.97 Å². The van der Waals surface area contributed by atoms with Gasteiger partial charge in [0.25, 0.3) is 10.1 Å². The number of aliphatic carboxylic acids is 1. The summed E-state index contributed by atoms with van der Waals surface area (Å²) in [6.07, 6.45) is 9.59. The predicted octanol–water partition coefficient (Wildman–Crippen LogP) is 1.10. The third-order valence-electron chi connectivity index (χ3n) is 2.86. The minimum absolute atomic E-state index is 0.0789. The van der Waals surface area contributed by atoms with E-state index in [0.717, 1.165) is 12.1 Å². The summed E-state index contributed by atoms with van der Waals surface area (Å²) >= 11 is 0. The maximum atomic E-state index is 10.7. The van der Waals surface area contributed by atoms with Gasteiger partial charge in [0.1, 0.15) is 13.1 Å². The molecule has 0 aromatic carbocycles. The molecule has 1 rings (SSSR count). The summed E-state index contributed by atoms with van der Waals surface area (Å²) in [5.74, 6) is -1.13. The highest BCUT2D eigenvalue weighted by Gasteiger charge is 2.14. The van der Waals surface area contributed by atoms with Crippen LogP contribution in [-0.2, 0) is 14.9 Å². The molecule has 0 fully saturated rings. The van der Waals surface area contributed by atoms with Crippen molar-refractivity contribution < 1.29 is 27.4 Å². The average molecular weight is 302 g/mol. The molecule has 1 aliphatic carbocycles. The fourth-order valence-corrected chi connectivity index (χ4v) is 2.45. The molecule has 0 atom stereocenters. The number of carboxylic acids is 1. The second-order valence-corrected chi connectivity index (χ2v) is 6.16. The Kier molecular flexibility index (Phi) is 6.60. The average Bonchev–Trinajstić information content (AvgIpc) is 2.36. The molecular formula is C13H20NO5S+. The number of allylic oxidation sites excluding steroid dienone is 4. The van der Waals surface area contributed by atoms with Gasteiger partial charge in [-0.1, -0.05) is 12.2 Å². The second-order valence-electron chi connectivity index (χ2n) is 4.59. The van der Waals surface area contributed by atoms with E-state index in [2.05, 4.69) is 0 Å². The van der Waals surface area contributed by atoms with Gasteiger partial charge in [-0.25, -0.2) is 4.58 Å². The van der Waals surface area contributed by atoms with Crippen LogP contribution in [0.25, 0.3) is 0 Å². The summed E-state index contributed by atoms with van der Waals surface area (Å²) < 4.78 is 32.1. The lowest BCUT2D eigenvalue weighted by Crippen LogP contribution is -2.24. The van der Waals surface area contributed by atoms with Crippen molar-refractivity contribution in [3.63, 3.8) is 0 Å². The first-order chi connectivity index (χ1) is 9.38. The lowest BCUT2D eigenvalue weighted by Gasteiger charge is -2.07. The molecule has 7 heteroatoms. The third-order valence-corrected chi connectivity index (χ3v) is 3.67. The zero-order chi connectivity index (χ0) is 15.0. The monoisotopic (exact) mass is 302 g/mol. The molecule has 0 amide bonds. The third kappa shape index (κ3) is 7.20. The molecule has 0 saturated carbocycles. The summed E-state index contributed by atoms with van der Waals surface area (Å²) in [6, 6.07) is 0. The van der Waals surface area contributed by atoms with Crippen molar-refractivity contribution in [2.24, 2.45) is 0 Å². The summed E-state index contributed by atoms with van der Waals surface area (Å²) in [4.78, 5) is 10.5. The highest BCUT2D eigenvalue weighted by molar-refractivity contribution is 7.85. The van der Waals surface area contributed by atoms with E-state index in [9.17, 15) is 13.2 Å². The van der Waals surface area contributed by atoms with Crippen LogP contribution in [0.1, 0.15) is 25.7 Å². The van der Waals surface area contributed by atoms with Crippen LogP contribution >= 0.6 is 0 Å². The van der Waals surface area contributed by atoms with Crippen molar-refractivity contribution in [3.8, 4) is 0 Å². The minimum atomic E-state index is -3.95.